The van der Waals surface area contributed by atoms with Gasteiger partial charge in [0.15, 0.2) is 11.5 Å². The van der Waals surface area contributed by atoms with Crippen LogP contribution in [0.3, 0.4) is 0 Å². The quantitative estimate of drug-likeness (QED) is 0.271. The Labute approximate surface area is 211 Å². The number of ether oxygens (including phenoxy) is 2. The highest BCUT2D eigenvalue weighted by Crippen LogP contribution is 2.29. The van der Waals surface area contributed by atoms with E-state index in [0.29, 0.717) is 12.2 Å². The number of pyridine rings is 1. The third-order valence-corrected chi connectivity index (χ3v) is 5.94. The molecular formula is C29H32N4O3. The molecule has 0 aliphatic heterocycles. The summed E-state index contributed by atoms with van der Waals surface area (Å²) in [5.41, 5.74) is 3.62. The van der Waals surface area contributed by atoms with E-state index in [2.05, 4.69) is 20.9 Å². The third-order valence-electron chi connectivity index (χ3n) is 5.94. The zero-order valence-electron chi connectivity index (χ0n) is 21.0. The van der Waals surface area contributed by atoms with Crippen molar-refractivity contribution in [1.82, 2.24) is 19.9 Å². The van der Waals surface area contributed by atoms with E-state index >= 15 is 0 Å². The van der Waals surface area contributed by atoms with Crippen LogP contribution in [0.15, 0.2) is 73.1 Å². The van der Waals surface area contributed by atoms with Crippen molar-refractivity contribution in [3.05, 3.63) is 90.0 Å². The van der Waals surface area contributed by atoms with Crippen molar-refractivity contribution in [3.8, 4) is 11.5 Å². The molecule has 2 heterocycles. The van der Waals surface area contributed by atoms with Crippen molar-refractivity contribution < 1.29 is 14.3 Å². The number of carbonyl (C=O) groups is 1. The number of nitrogens with zero attached hydrogens (tertiary/aromatic N) is 3. The number of aromatic nitrogens is 3. The maximum atomic E-state index is 12.7. The van der Waals surface area contributed by atoms with Gasteiger partial charge < -0.3 is 19.4 Å². The maximum absolute atomic E-state index is 12.7. The number of unbranched alkanes of at least 4 members (excludes halogenated alkanes) is 1. The van der Waals surface area contributed by atoms with Crippen LogP contribution >= 0.6 is 0 Å². The van der Waals surface area contributed by atoms with E-state index in [-0.39, 0.29) is 11.9 Å². The molecule has 36 heavy (non-hydrogen) atoms. The summed E-state index contributed by atoms with van der Waals surface area (Å²) in [5, 5.41) is 3.07. The van der Waals surface area contributed by atoms with E-state index in [9.17, 15) is 4.79 Å². The standard InChI is InChI=1S/C29H32N4O3/c1-4-9-22-12-13-26(27(20-22)35-3)36-19-8-7-18-33-25-11-6-5-10-24(25)32-28(33)21(2)31-29(34)23-14-16-30-17-15-23/h4-6,9-17,20-21H,7-8,18-19H2,1-3H3,(H,31,34)/b9-4+. The molecule has 0 saturated heterocycles. The molecule has 0 aliphatic rings. The van der Waals surface area contributed by atoms with Crippen LogP contribution in [0.4, 0.5) is 0 Å². The second-order valence-electron chi connectivity index (χ2n) is 8.51. The monoisotopic (exact) mass is 484 g/mol. The SMILES string of the molecule is C/C=C/c1ccc(OCCCCn2c(C(C)NC(=O)c3ccncc3)nc3ccccc32)c(OC)c1. The van der Waals surface area contributed by atoms with Gasteiger partial charge in [0.1, 0.15) is 5.82 Å². The number of fused-ring (bicyclic) bond motifs is 1. The normalized spacial score (nSPS) is 12.1. The number of rotatable bonds is 11. The molecule has 7 nitrogen and oxygen atoms in total. The van der Waals surface area contributed by atoms with Crippen molar-refractivity contribution in [2.45, 2.75) is 39.3 Å². The fraction of sp³-hybridized carbons (Fsp3) is 0.276. The second-order valence-corrected chi connectivity index (χ2v) is 8.51. The minimum absolute atomic E-state index is 0.147. The summed E-state index contributed by atoms with van der Waals surface area (Å²) in [6.07, 6.45) is 9.02. The molecule has 4 aromatic rings. The number of allylic oxidation sites excluding steroid dienone is 1. The van der Waals surface area contributed by atoms with Gasteiger partial charge in [-0.3, -0.25) is 9.78 Å². The van der Waals surface area contributed by atoms with Crippen molar-refractivity contribution in [2.24, 2.45) is 0 Å². The molecule has 1 amide bonds. The summed E-state index contributed by atoms with van der Waals surface area (Å²) in [6.45, 7) is 5.30. The molecule has 4 rings (SSSR count). The third kappa shape index (κ3) is 5.92. The van der Waals surface area contributed by atoms with Gasteiger partial charge >= 0.3 is 0 Å². The summed E-state index contributed by atoms with van der Waals surface area (Å²) < 4.78 is 13.7. The molecule has 0 radical (unpaired) electrons. The zero-order chi connectivity index (χ0) is 25.3. The Balaban J connectivity index is 1.40. The molecule has 186 valence electrons. The molecule has 7 heteroatoms. The Morgan fingerprint density at radius 3 is 2.67 bits per heavy atom. The first kappa shape index (κ1) is 25.0. The second kappa shape index (κ2) is 12.0. The van der Waals surface area contributed by atoms with Gasteiger partial charge in [0.05, 0.1) is 30.8 Å². The predicted octanol–water partition coefficient (Wildman–Crippen LogP) is 5.82. The fourth-order valence-electron chi connectivity index (χ4n) is 4.16. The average Bonchev–Trinajstić information content (AvgIpc) is 3.28. The molecule has 0 aliphatic carbocycles. The Morgan fingerprint density at radius 2 is 1.89 bits per heavy atom. The maximum Gasteiger partial charge on any atom is 0.251 e. The number of carbonyl (C=O) groups excluding carboxylic acids is 1. The molecule has 0 bridgehead atoms. The summed E-state index contributed by atoms with van der Waals surface area (Å²) in [6, 6.07) is 17.1. The Morgan fingerprint density at radius 1 is 1.08 bits per heavy atom. The summed E-state index contributed by atoms with van der Waals surface area (Å²) in [7, 11) is 1.65. The first-order valence-corrected chi connectivity index (χ1v) is 12.2. The topological polar surface area (TPSA) is 78.3 Å². The molecule has 1 N–H and O–H groups in total. The highest BCUT2D eigenvalue weighted by atomic mass is 16.5. The summed E-state index contributed by atoms with van der Waals surface area (Å²) in [4.78, 5) is 21.5. The lowest BCUT2D eigenvalue weighted by Gasteiger charge is -2.17. The van der Waals surface area contributed by atoms with E-state index in [4.69, 9.17) is 14.5 Å². The highest BCUT2D eigenvalue weighted by Gasteiger charge is 2.19. The van der Waals surface area contributed by atoms with Crippen LogP contribution in [0.2, 0.25) is 0 Å². The van der Waals surface area contributed by atoms with Crippen LogP contribution in [0, 0.1) is 0 Å². The van der Waals surface area contributed by atoms with Gasteiger partial charge in [-0.25, -0.2) is 4.98 Å². The minimum Gasteiger partial charge on any atom is -0.493 e. The van der Waals surface area contributed by atoms with E-state index in [0.717, 1.165) is 53.3 Å². The lowest BCUT2D eigenvalue weighted by atomic mass is 10.2. The Hall–Kier alpha value is -4.13. The molecule has 0 spiro atoms. The number of nitrogens with one attached hydrogen (secondary N) is 1. The van der Waals surface area contributed by atoms with E-state index in [1.165, 1.54) is 0 Å². The van der Waals surface area contributed by atoms with Crippen LogP contribution < -0.4 is 14.8 Å². The zero-order valence-corrected chi connectivity index (χ0v) is 21.0. The number of hydrogen-bond acceptors (Lipinski definition) is 5. The molecule has 1 unspecified atom stereocenters. The fourth-order valence-corrected chi connectivity index (χ4v) is 4.16. The predicted molar refractivity (Wildman–Crippen MR) is 142 cm³/mol. The highest BCUT2D eigenvalue weighted by molar-refractivity contribution is 5.94. The van der Waals surface area contributed by atoms with Crippen molar-refractivity contribution in [3.63, 3.8) is 0 Å². The minimum atomic E-state index is -0.255. The van der Waals surface area contributed by atoms with Gasteiger partial charge in [0, 0.05) is 24.5 Å². The van der Waals surface area contributed by atoms with E-state index in [1.807, 2.05) is 62.4 Å². The van der Waals surface area contributed by atoms with Crippen LogP contribution in [0.5, 0.6) is 11.5 Å². The van der Waals surface area contributed by atoms with Crippen LogP contribution in [0.25, 0.3) is 17.1 Å². The number of amides is 1. The number of aryl methyl sites for hydroxylation is 1. The lowest BCUT2D eigenvalue weighted by molar-refractivity contribution is 0.0937. The van der Waals surface area contributed by atoms with Crippen molar-refractivity contribution >= 4 is 23.0 Å². The number of methoxy groups -OCH3 is 1. The van der Waals surface area contributed by atoms with E-state index < -0.39 is 0 Å². The number of para-hydroxylation sites is 2. The van der Waals surface area contributed by atoms with Crippen molar-refractivity contribution in [1.29, 1.82) is 0 Å². The van der Waals surface area contributed by atoms with Crippen LogP contribution in [-0.2, 0) is 6.54 Å². The Kier molecular flexibility index (Phi) is 8.34. The molecule has 1 atom stereocenters. The van der Waals surface area contributed by atoms with Gasteiger partial charge in [-0.1, -0.05) is 30.4 Å². The van der Waals surface area contributed by atoms with Crippen LogP contribution in [-0.4, -0.2) is 34.2 Å². The number of benzene rings is 2. The van der Waals surface area contributed by atoms with Gasteiger partial charge in [0.25, 0.3) is 5.91 Å². The lowest BCUT2D eigenvalue weighted by Crippen LogP contribution is -2.28. The van der Waals surface area contributed by atoms with Gasteiger partial charge in [0.2, 0.25) is 0 Å². The van der Waals surface area contributed by atoms with E-state index in [1.54, 1.807) is 31.6 Å². The summed E-state index contributed by atoms with van der Waals surface area (Å²) >= 11 is 0. The smallest absolute Gasteiger partial charge is 0.251 e. The average molecular weight is 485 g/mol. The first-order chi connectivity index (χ1) is 17.6. The largest absolute Gasteiger partial charge is 0.493 e. The molecule has 2 aromatic carbocycles. The molecule has 0 fully saturated rings. The van der Waals surface area contributed by atoms with Gasteiger partial charge in [-0.15, -0.1) is 0 Å². The molecular weight excluding hydrogens is 452 g/mol. The van der Waals surface area contributed by atoms with Gasteiger partial charge in [-0.05, 0) is 68.7 Å². The summed E-state index contributed by atoms with van der Waals surface area (Å²) in [5.74, 6) is 2.16. The van der Waals surface area contributed by atoms with Crippen molar-refractivity contribution in [2.75, 3.05) is 13.7 Å². The van der Waals surface area contributed by atoms with Gasteiger partial charge in [-0.2, -0.15) is 0 Å². The first-order valence-electron chi connectivity index (χ1n) is 12.2. The van der Waals surface area contributed by atoms with Crippen LogP contribution in [0.1, 0.15) is 54.5 Å². The molecule has 2 aromatic heterocycles. The molecule has 0 saturated carbocycles. The number of imidazole rings is 1. The number of hydrogen-bond donors (Lipinski definition) is 1. The Bertz CT molecular complexity index is 1330.